The van der Waals surface area contributed by atoms with Crippen molar-refractivity contribution < 1.29 is 32.4 Å². The standard InChI is InChI=1S/C15H21N3O8S/c1-15(2,3)26-14(20)17-10(13(19)25-4)9-16-27(23,24)12-8-6-5-7-11(12)18(21)22/h5-8,10,16H,9H2,1-4H3,(H,17,20). The van der Waals surface area contributed by atoms with Crippen molar-refractivity contribution in [1.82, 2.24) is 10.0 Å². The van der Waals surface area contributed by atoms with E-state index in [0.29, 0.717) is 0 Å². The predicted molar refractivity (Wildman–Crippen MR) is 93.5 cm³/mol. The largest absolute Gasteiger partial charge is 0.467 e. The fourth-order valence-electron chi connectivity index (χ4n) is 1.89. The SMILES string of the molecule is COC(=O)C(CNS(=O)(=O)c1ccccc1[N+](=O)[O-])NC(=O)OC(C)(C)C. The molecule has 0 saturated carbocycles. The van der Waals surface area contributed by atoms with Crippen LogP contribution in [0.5, 0.6) is 0 Å². The maximum absolute atomic E-state index is 12.4. The van der Waals surface area contributed by atoms with Crippen LogP contribution >= 0.6 is 0 Å². The number of amides is 1. The number of nitro groups is 1. The van der Waals surface area contributed by atoms with E-state index < -0.39 is 55.8 Å². The molecule has 150 valence electrons. The van der Waals surface area contributed by atoms with Crippen molar-refractivity contribution in [3.8, 4) is 0 Å². The van der Waals surface area contributed by atoms with Gasteiger partial charge in [-0.1, -0.05) is 12.1 Å². The molecule has 11 nitrogen and oxygen atoms in total. The molecule has 0 aliphatic rings. The number of nitro benzene ring substituents is 1. The van der Waals surface area contributed by atoms with Gasteiger partial charge in [0.25, 0.3) is 5.69 Å². The Morgan fingerprint density at radius 3 is 2.37 bits per heavy atom. The Hall–Kier alpha value is -2.73. The molecule has 12 heteroatoms. The first-order valence-electron chi connectivity index (χ1n) is 7.68. The minimum absolute atomic E-state index is 0.573. The van der Waals surface area contributed by atoms with E-state index in [1.165, 1.54) is 12.1 Å². The van der Waals surface area contributed by atoms with Crippen molar-refractivity contribution in [3.05, 3.63) is 34.4 Å². The highest BCUT2D eigenvalue weighted by atomic mass is 32.2. The van der Waals surface area contributed by atoms with E-state index >= 15 is 0 Å². The number of benzene rings is 1. The second-order valence-corrected chi connectivity index (χ2v) is 8.03. The molecule has 27 heavy (non-hydrogen) atoms. The van der Waals surface area contributed by atoms with Gasteiger partial charge in [-0.25, -0.2) is 22.7 Å². The Balaban J connectivity index is 2.96. The van der Waals surface area contributed by atoms with Crippen molar-refractivity contribution in [2.45, 2.75) is 37.3 Å². The minimum Gasteiger partial charge on any atom is -0.467 e. The summed E-state index contributed by atoms with van der Waals surface area (Å²) in [4.78, 5) is 33.2. The number of carbonyl (C=O) groups excluding carboxylic acids is 2. The maximum atomic E-state index is 12.4. The number of nitrogens with zero attached hydrogens (tertiary/aromatic N) is 1. The van der Waals surface area contributed by atoms with Crippen molar-refractivity contribution >= 4 is 27.8 Å². The lowest BCUT2D eigenvalue weighted by Gasteiger charge is -2.22. The fourth-order valence-corrected chi connectivity index (χ4v) is 3.11. The van der Waals surface area contributed by atoms with Crippen molar-refractivity contribution in [2.75, 3.05) is 13.7 Å². The lowest BCUT2D eigenvalue weighted by molar-refractivity contribution is -0.387. The third kappa shape index (κ3) is 6.83. The van der Waals surface area contributed by atoms with Crippen LogP contribution in [0.15, 0.2) is 29.2 Å². The van der Waals surface area contributed by atoms with E-state index in [1.807, 2.05) is 0 Å². The summed E-state index contributed by atoms with van der Waals surface area (Å²) in [5, 5.41) is 13.2. The number of ether oxygens (including phenoxy) is 2. The molecule has 0 spiro atoms. The highest BCUT2D eigenvalue weighted by Gasteiger charge is 2.29. The summed E-state index contributed by atoms with van der Waals surface area (Å²) >= 11 is 0. The van der Waals surface area contributed by atoms with E-state index in [-0.39, 0.29) is 0 Å². The van der Waals surface area contributed by atoms with Gasteiger partial charge in [-0.2, -0.15) is 0 Å². The number of sulfonamides is 1. The van der Waals surface area contributed by atoms with Gasteiger partial charge < -0.3 is 14.8 Å². The zero-order valence-corrected chi connectivity index (χ0v) is 16.0. The van der Waals surface area contributed by atoms with Crippen LogP contribution in [0, 0.1) is 10.1 Å². The first-order valence-corrected chi connectivity index (χ1v) is 9.16. The van der Waals surface area contributed by atoms with Crippen LogP contribution in [0.1, 0.15) is 20.8 Å². The molecule has 1 rings (SSSR count). The van der Waals surface area contributed by atoms with Gasteiger partial charge >= 0.3 is 12.1 Å². The van der Waals surface area contributed by atoms with Gasteiger partial charge in [0.15, 0.2) is 4.90 Å². The fraction of sp³-hybridized carbons (Fsp3) is 0.467. The zero-order valence-electron chi connectivity index (χ0n) is 15.2. The third-order valence-corrected chi connectivity index (χ3v) is 4.48. The summed E-state index contributed by atoms with van der Waals surface area (Å²) in [6.45, 7) is 4.23. The second-order valence-electron chi connectivity index (χ2n) is 6.30. The number of esters is 1. The van der Waals surface area contributed by atoms with Crippen LogP contribution in [-0.4, -0.2) is 50.7 Å². The van der Waals surface area contributed by atoms with Crippen LogP contribution in [0.2, 0.25) is 0 Å². The Morgan fingerprint density at radius 2 is 1.85 bits per heavy atom. The average Bonchev–Trinajstić information content (AvgIpc) is 2.56. The lowest BCUT2D eigenvalue weighted by Crippen LogP contribution is -2.50. The minimum atomic E-state index is -4.34. The summed E-state index contributed by atoms with van der Waals surface area (Å²) in [5.41, 5.74) is -1.46. The predicted octanol–water partition coefficient (Wildman–Crippen LogP) is 0.939. The van der Waals surface area contributed by atoms with Crippen molar-refractivity contribution in [2.24, 2.45) is 0 Å². The summed E-state index contributed by atoms with van der Waals surface area (Å²) in [6, 6.07) is 3.32. The monoisotopic (exact) mass is 403 g/mol. The van der Waals surface area contributed by atoms with Gasteiger partial charge in [-0.05, 0) is 26.8 Å². The molecule has 0 fully saturated rings. The number of rotatable bonds is 7. The van der Waals surface area contributed by atoms with E-state index in [2.05, 4.69) is 14.8 Å². The molecule has 0 radical (unpaired) electrons. The van der Waals surface area contributed by atoms with Gasteiger partial charge in [0, 0.05) is 12.6 Å². The van der Waals surface area contributed by atoms with Crippen LogP contribution in [0.25, 0.3) is 0 Å². The molecule has 2 N–H and O–H groups in total. The highest BCUT2D eigenvalue weighted by Crippen LogP contribution is 2.22. The molecule has 0 aliphatic carbocycles. The summed E-state index contributed by atoms with van der Waals surface area (Å²) < 4.78 is 36.3. The van der Waals surface area contributed by atoms with Gasteiger partial charge in [0.2, 0.25) is 10.0 Å². The molecule has 0 aromatic heterocycles. The average molecular weight is 403 g/mol. The van der Waals surface area contributed by atoms with E-state index in [9.17, 15) is 28.1 Å². The summed E-state index contributed by atoms with van der Waals surface area (Å²) in [6.07, 6.45) is -0.956. The quantitative estimate of drug-likeness (QED) is 0.387. The second kappa shape index (κ2) is 8.77. The van der Waals surface area contributed by atoms with Crippen LogP contribution in [0.3, 0.4) is 0 Å². The Morgan fingerprint density at radius 1 is 1.26 bits per heavy atom. The van der Waals surface area contributed by atoms with E-state index in [4.69, 9.17) is 4.74 Å². The molecule has 0 heterocycles. The van der Waals surface area contributed by atoms with E-state index in [0.717, 1.165) is 19.2 Å². The Labute approximate surface area is 156 Å². The zero-order chi connectivity index (χ0) is 20.8. The molecular weight excluding hydrogens is 382 g/mol. The van der Waals surface area contributed by atoms with Crippen molar-refractivity contribution in [1.29, 1.82) is 0 Å². The number of nitrogens with one attached hydrogen (secondary N) is 2. The number of carbonyl (C=O) groups is 2. The van der Waals surface area contributed by atoms with Crippen LogP contribution in [0.4, 0.5) is 10.5 Å². The molecule has 1 aromatic rings. The molecule has 1 aromatic carbocycles. The number of hydrogen-bond acceptors (Lipinski definition) is 8. The normalized spacial score (nSPS) is 12.7. The van der Waals surface area contributed by atoms with Gasteiger partial charge in [0.1, 0.15) is 11.6 Å². The highest BCUT2D eigenvalue weighted by molar-refractivity contribution is 7.89. The van der Waals surface area contributed by atoms with Crippen LogP contribution in [-0.2, 0) is 24.3 Å². The topological polar surface area (TPSA) is 154 Å². The number of methoxy groups -OCH3 is 1. The third-order valence-electron chi connectivity index (χ3n) is 3.01. The molecular formula is C15H21N3O8S. The van der Waals surface area contributed by atoms with Gasteiger partial charge in [-0.3, -0.25) is 10.1 Å². The molecule has 0 bridgehead atoms. The van der Waals surface area contributed by atoms with Gasteiger partial charge in [0.05, 0.1) is 12.0 Å². The number of alkyl carbamates (subject to hydrolysis) is 1. The van der Waals surface area contributed by atoms with Gasteiger partial charge in [-0.15, -0.1) is 0 Å². The number of para-hydroxylation sites is 1. The molecule has 1 amide bonds. The first-order chi connectivity index (χ1) is 12.4. The van der Waals surface area contributed by atoms with E-state index in [1.54, 1.807) is 20.8 Å². The molecule has 0 saturated heterocycles. The van der Waals surface area contributed by atoms with Crippen molar-refractivity contribution in [3.63, 3.8) is 0 Å². The summed E-state index contributed by atoms with van der Waals surface area (Å²) in [7, 11) is -3.28. The first kappa shape index (κ1) is 22.3. The molecule has 0 aliphatic heterocycles. The lowest BCUT2D eigenvalue weighted by atomic mass is 10.2. The number of hydrogen-bond donors (Lipinski definition) is 2. The summed E-state index contributed by atoms with van der Waals surface area (Å²) in [5.74, 6) is -0.925. The Kier molecular flexibility index (Phi) is 7.25. The molecule has 1 atom stereocenters. The maximum Gasteiger partial charge on any atom is 0.408 e. The van der Waals surface area contributed by atoms with Crippen LogP contribution < -0.4 is 10.0 Å². The molecule has 1 unspecified atom stereocenters. The smallest absolute Gasteiger partial charge is 0.408 e. The Bertz CT molecular complexity index is 817.